The molecule has 0 bridgehead atoms. The van der Waals surface area contributed by atoms with Crippen molar-refractivity contribution in [2.75, 3.05) is 13.2 Å². The molecule has 0 saturated heterocycles. The molecule has 146 valence electrons. The van der Waals surface area contributed by atoms with E-state index in [1.165, 1.54) is 0 Å². The van der Waals surface area contributed by atoms with E-state index >= 15 is 0 Å². The standard InChI is InChI=1S/C23H21N3O3/c27-15-16-29-20-14-8-7-13-19(20)23(18-11-5-2-6-12-18)25-21(24-22(28)26-23)17-9-3-1-4-10-17/h1-14,27H,15-16H2,(H2,24,25,26,28). The van der Waals surface area contributed by atoms with E-state index < -0.39 is 5.66 Å². The van der Waals surface area contributed by atoms with Gasteiger partial charge < -0.3 is 14.9 Å². The monoisotopic (exact) mass is 387 g/mol. The summed E-state index contributed by atoms with van der Waals surface area (Å²) in [7, 11) is 0. The van der Waals surface area contributed by atoms with Crippen LogP contribution < -0.4 is 10.1 Å². The van der Waals surface area contributed by atoms with Crippen LogP contribution in [-0.2, 0) is 5.66 Å². The van der Waals surface area contributed by atoms with Crippen molar-refractivity contribution in [3.63, 3.8) is 0 Å². The summed E-state index contributed by atoms with van der Waals surface area (Å²) in [5, 5.41) is 22.6. The number of hydrogen-bond donors (Lipinski definition) is 3. The van der Waals surface area contributed by atoms with Crippen molar-refractivity contribution < 1.29 is 14.9 Å². The summed E-state index contributed by atoms with van der Waals surface area (Å²) >= 11 is 0. The highest BCUT2D eigenvalue weighted by molar-refractivity contribution is 6.08. The van der Waals surface area contributed by atoms with Gasteiger partial charge in [-0.05, 0) is 6.07 Å². The molecule has 0 amide bonds. The van der Waals surface area contributed by atoms with Crippen molar-refractivity contribution in [1.82, 2.24) is 5.32 Å². The first-order valence-corrected chi connectivity index (χ1v) is 9.33. The number of aliphatic imine (C=N–C) groups is 2. The van der Waals surface area contributed by atoms with E-state index in [0.29, 0.717) is 17.1 Å². The smallest absolute Gasteiger partial charge is 0.290 e. The maximum Gasteiger partial charge on any atom is 0.290 e. The van der Waals surface area contributed by atoms with Crippen molar-refractivity contribution in [2.24, 2.45) is 9.98 Å². The second-order valence-electron chi connectivity index (χ2n) is 6.49. The first kappa shape index (κ1) is 18.7. The van der Waals surface area contributed by atoms with Crippen LogP contribution in [0, 0.1) is 0 Å². The summed E-state index contributed by atoms with van der Waals surface area (Å²) in [6.07, 6.45) is 0. The number of nitrogens with one attached hydrogen (secondary N) is 1. The molecule has 29 heavy (non-hydrogen) atoms. The largest absolute Gasteiger partial charge is 0.491 e. The van der Waals surface area contributed by atoms with E-state index in [9.17, 15) is 10.2 Å². The topological polar surface area (TPSA) is 86.4 Å². The summed E-state index contributed by atoms with van der Waals surface area (Å²) in [6.45, 7) is 0.0341. The quantitative estimate of drug-likeness (QED) is 0.606. The van der Waals surface area contributed by atoms with E-state index in [2.05, 4.69) is 10.3 Å². The summed E-state index contributed by atoms with van der Waals surface area (Å²) in [4.78, 5) is 9.49. The van der Waals surface area contributed by atoms with E-state index in [0.717, 1.165) is 11.1 Å². The number of ether oxygens (including phenoxy) is 1. The second kappa shape index (κ2) is 8.16. The fraction of sp³-hybridized carbons (Fsp3) is 0.130. The van der Waals surface area contributed by atoms with Gasteiger partial charge in [0.2, 0.25) is 5.66 Å². The molecule has 0 fully saturated rings. The SMILES string of the molecule is OCCOc1ccccc1C1(c2ccccc2)N=C(O)NC(c2ccccc2)=N1. The minimum absolute atomic E-state index is 0.110. The minimum Gasteiger partial charge on any atom is -0.491 e. The van der Waals surface area contributed by atoms with Crippen LogP contribution in [0.2, 0.25) is 0 Å². The van der Waals surface area contributed by atoms with Crippen molar-refractivity contribution >= 4 is 11.9 Å². The Morgan fingerprint density at radius 2 is 1.48 bits per heavy atom. The van der Waals surface area contributed by atoms with Crippen LogP contribution in [0.5, 0.6) is 5.75 Å². The van der Waals surface area contributed by atoms with Crippen LogP contribution in [0.1, 0.15) is 16.7 Å². The molecule has 1 heterocycles. The lowest BCUT2D eigenvalue weighted by Gasteiger charge is -2.32. The number of benzene rings is 3. The molecule has 0 radical (unpaired) electrons. The van der Waals surface area contributed by atoms with Gasteiger partial charge in [0.05, 0.1) is 6.61 Å². The average Bonchev–Trinajstić information content (AvgIpc) is 2.78. The van der Waals surface area contributed by atoms with Gasteiger partial charge >= 0.3 is 0 Å². The molecule has 0 aromatic heterocycles. The van der Waals surface area contributed by atoms with Gasteiger partial charge in [0.25, 0.3) is 6.02 Å². The maximum atomic E-state index is 10.5. The number of aliphatic hydroxyl groups is 2. The van der Waals surface area contributed by atoms with Crippen molar-refractivity contribution in [3.8, 4) is 5.75 Å². The zero-order valence-corrected chi connectivity index (χ0v) is 15.7. The van der Waals surface area contributed by atoms with Gasteiger partial charge in [0, 0.05) is 16.7 Å². The Hall–Kier alpha value is -3.64. The van der Waals surface area contributed by atoms with E-state index in [4.69, 9.17) is 9.73 Å². The Morgan fingerprint density at radius 3 is 2.21 bits per heavy atom. The van der Waals surface area contributed by atoms with Crippen LogP contribution in [-0.4, -0.2) is 35.3 Å². The molecule has 0 spiro atoms. The summed E-state index contributed by atoms with van der Waals surface area (Å²) < 4.78 is 5.77. The number of aliphatic hydroxyl groups excluding tert-OH is 2. The van der Waals surface area contributed by atoms with Gasteiger partial charge in [-0.25, -0.2) is 4.99 Å². The van der Waals surface area contributed by atoms with E-state index in [1.54, 1.807) is 0 Å². The first-order valence-electron chi connectivity index (χ1n) is 9.33. The molecular weight excluding hydrogens is 366 g/mol. The predicted molar refractivity (Wildman–Crippen MR) is 112 cm³/mol. The van der Waals surface area contributed by atoms with Gasteiger partial charge in [0.1, 0.15) is 18.2 Å². The summed E-state index contributed by atoms with van der Waals surface area (Å²) in [5.41, 5.74) is 1.03. The number of amidine groups is 2. The van der Waals surface area contributed by atoms with Crippen LogP contribution in [0.15, 0.2) is 94.9 Å². The molecule has 3 aromatic carbocycles. The minimum atomic E-state index is -1.24. The van der Waals surface area contributed by atoms with Crippen molar-refractivity contribution in [3.05, 3.63) is 102 Å². The van der Waals surface area contributed by atoms with Gasteiger partial charge in [-0.1, -0.05) is 78.9 Å². The molecule has 1 atom stereocenters. The number of rotatable bonds is 6. The molecule has 6 heteroatoms. The first-order chi connectivity index (χ1) is 14.2. The lowest BCUT2D eigenvalue weighted by Crippen LogP contribution is -2.42. The highest BCUT2D eigenvalue weighted by Crippen LogP contribution is 2.41. The zero-order chi connectivity index (χ0) is 20.1. The highest BCUT2D eigenvalue weighted by atomic mass is 16.5. The van der Waals surface area contributed by atoms with Gasteiger partial charge in [-0.15, -0.1) is 0 Å². The number of para-hydroxylation sites is 1. The fourth-order valence-corrected chi connectivity index (χ4v) is 3.35. The van der Waals surface area contributed by atoms with Gasteiger partial charge in [-0.3, -0.25) is 5.32 Å². The predicted octanol–water partition coefficient (Wildman–Crippen LogP) is 3.22. The third-order valence-corrected chi connectivity index (χ3v) is 4.61. The Balaban J connectivity index is 1.96. The van der Waals surface area contributed by atoms with Crippen LogP contribution in [0.3, 0.4) is 0 Å². The van der Waals surface area contributed by atoms with Crippen LogP contribution in [0.4, 0.5) is 0 Å². The molecule has 1 aliphatic rings. The number of nitrogens with zero attached hydrogens (tertiary/aromatic N) is 2. The summed E-state index contributed by atoms with van der Waals surface area (Å²) in [5.74, 6) is 1.04. The Morgan fingerprint density at radius 1 is 0.828 bits per heavy atom. The molecule has 0 aliphatic carbocycles. The van der Waals surface area contributed by atoms with Crippen LogP contribution >= 0.6 is 0 Å². The molecule has 1 unspecified atom stereocenters. The molecule has 0 saturated carbocycles. The van der Waals surface area contributed by atoms with Gasteiger partial charge in [0.15, 0.2) is 0 Å². The molecule has 3 N–H and O–H groups in total. The Labute approximate surface area is 168 Å². The average molecular weight is 387 g/mol. The van der Waals surface area contributed by atoms with Crippen LogP contribution in [0.25, 0.3) is 0 Å². The molecule has 1 aliphatic heterocycles. The number of hydrogen-bond acceptors (Lipinski definition) is 5. The third-order valence-electron chi connectivity index (χ3n) is 4.61. The fourth-order valence-electron chi connectivity index (χ4n) is 3.35. The molecule has 6 nitrogen and oxygen atoms in total. The Bertz CT molecular complexity index is 1040. The lowest BCUT2D eigenvalue weighted by molar-refractivity contribution is 0.199. The maximum absolute atomic E-state index is 10.5. The second-order valence-corrected chi connectivity index (χ2v) is 6.49. The zero-order valence-electron chi connectivity index (χ0n) is 15.7. The molecule has 3 aromatic rings. The third kappa shape index (κ3) is 3.70. The summed E-state index contributed by atoms with van der Waals surface area (Å²) in [6, 6.07) is 26.3. The lowest BCUT2D eigenvalue weighted by atomic mass is 9.90. The molecule has 4 rings (SSSR count). The Kier molecular flexibility index (Phi) is 5.27. The normalized spacial score (nSPS) is 18.4. The van der Waals surface area contributed by atoms with E-state index in [-0.39, 0.29) is 19.2 Å². The van der Waals surface area contributed by atoms with Crippen molar-refractivity contribution in [1.29, 1.82) is 0 Å². The van der Waals surface area contributed by atoms with E-state index in [1.807, 2.05) is 84.9 Å². The van der Waals surface area contributed by atoms with Gasteiger partial charge in [-0.2, -0.15) is 4.99 Å². The van der Waals surface area contributed by atoms with Crippen molar-refractivity contribution in [2.45, 2.75) is 5.66 Å². The molecular formula is C23H21N3O3. The highest BCUT2D eigenvalue weighted by Gasteiger charge is 2.40.